The Hall–Kier alpha value is -1.57. The predicted octanol–water partition coefficient (Wildman–Crippen LogP) is 2.57. The summed E-state index contributed by atoms with van der Waals surface area (Å²) in [6, 6.07) is 0. The van der Waals surface area contributed by atoms with Crippen molar-refractivity contribution in [2.45, 2.75) is 18.7 Å². The van der Waals surface area contributed by atoms with Crippen LogP contribution in [0.25, 0.3) is 0 Å². The first-order chi connectivity index (χ1) is 8.78. The molecule has 0 aliphatic carbocycles. The van der Waals surface area contributed by atoms with Crippen molar-refractivity contribution >= 4 is 17.6 Å². The zero-order chi connectivity index (χ0) is 14.6. The molecule has 1 aromatic heterocycles. The van der Waals surface area contributed by atoms with E-state index in [-0.39, 0.29) is 0 Å². The SMILES string of the molecule is COC(=O)Cc1ncc(F)c(CCl)c1OC(F)(F)F. The van der Waals surface area contributed by atoms with Crippen LogP contribution in [0.15, 0.2) is 6.20 Å². The normalized spacial score (nSPS) is 11.3. The summed E-state index contributed by atoms with van der Waals surface area (Å²) in [5, 5.41) is 0. The highest BCUT2D eigenvalue weighted by Crippen LogP contribution is 2.32. The molecule has 106 valence electrons. The van der Waals surface area contributed by atoms with Crippen LogP contribution in [0.2, 0.25) is 0 Å². The summed E-state index contributed by atoms with van der Waals surface area (Å²) >= 11 is 5.38. The standard InChI is InChI=1S/C10H8ClF4NO3/c1-18-8(17)2-7-9(19-10(13,14)15)5(3-11)6(12)4-16-7/h4H,2-3H2,1H3. The minimum absolute atomic E-state index is 0.402. The number of halogens is 5. The quantitative estimate of drug-likeness (QED) is 0.487. The molecule has 0 fully saturated rings. The molecule has 0 atom stereocenters. The Labute approximate surface area is 110 Å². The first-order valence-corrected chi connectivity index (χ1v) is 5.36. The molecule has 0 unspecified atom stereocenters. The maximum atomic E-state index is 13.3. The van der Waals surface area contributed by atoms with Crippen molar-refractivity contribution in [3.63, 3.8) is 0 Å². The molecule has 0 amide bonds. The van der Waals surface area contributed by atoms with E-state index in [4.69, 9.17) is 11.6 Å². The van der Waals surface area contributed by atoms with Gasteiger partial charge in [0, 0.05) is 5.56 Å². The maximum Gasteiger partial charge on any atom is 0.573 e. The highest BCUT2D eigenvalue weighted by Gasteiger charge is 2.34. The third-order valence-electron chi connectivity index (χ3n) is 2.05. The Morgan fingerprint density at radius 2 is 2.11 bits per heavy atom. The summed E-state index contributed by atoms with van der Waals surface area (Å²) in [7, 11) is 1.05. The van der Waals surface area contributed by atoms with Gasteiger partial charge in [0.25, 0.3) is 0 Å². The van der Waals surface area contributed by atoms with Crippen LogP contribution in [0.4, 0.5) is 17.6 Å². The monoisotopic (exact) mass is 301 g/mol. The summed E-state index contributed by atoms with van der Waals surface area (Å²) in [6.45, 7) is 0. The molecule has 4 nitrogen and oxygen atoms in total. The van der Waals surface area contributed by atoms with Gasteiger partial charge in [0.2, 0.25) is 0 Å². The fourth-order valence-electron chi connectivity index (χ4n) is 1.25. The van der Waals surface area contributed by atoms with Gasteiger partial charge in [0.1, 0.15) is 5.82 Å². The van der Waals surface area contributed by atoms with Crippen LogP contribution < -0.4 is 4.74 Å². The predicted molar refractivity (Wildman–Crippen MR) is 56.2 cm³/mol. The maximum absolute atomic E-state index is 13.3. The minimum Gasteiger partial charge on any atom is -0.469 e. The number of hydrogen-bond acceptors (Lipinski definition) is 4. The Morgan fingerprint density at radius 1 is 1.47 bits per heavy atom. The number of nitrogens with zero attached hydrogens (tertiary/aromatic N) is 1. The van der Waals surface area contributed by atoms with Crippen LogP contribution in [0.5, 0.6) is 5.75 Å². The third kappa shape index (κ3) is 4.23. The smallest absolute Gasteiger partial charge is 0.469 e. The molecule has 19 heavy (non-hydrogen) atoms. The van der Waals surface area contributed by atoms with Crippen molar-refractivity contribution in [2.75, 3.05) is 7.11 Å². The van der Waals surface area contributed by atoms with Crippen molar-refractivity contribution < 1.29 is 31.8 Å². The van der Waals surface area contributed by atoms with Crippen LogP contribution in [0, 0.1) is 5.82 Å². The first-order valence-electron chi connectivity index (χ1n) is 4.83. The van der Waals surface area contributed by atoms with E-state index in [0.29, 0.717) is 6.20 Å². The molecule has 1 rings (SSSR count). The average Bonchev–Trinajstić information content (AvgIpc) is 2.31. The molecule has 1 aromatic rings. The highest BCUT2D eigenvalue weighted by molar-refractivity contribution is 6.17. The average molecular weight is 302 g/mol. The van der Waals surface area contributed by atoms with E-state index < -0.39 is 47.5 Å². The molecule has 0 N–H and O–H groups in total. The van der Waals surface area contributed by atoms with E-state index >= 15 is 0 Å². The number of methoxy groups -OCH3 is 1. The van der Waals surface area contributed by atoms with Crippen molar-refractivity contribution in [3.05, 3.63) is 23.3 Å². The molecule has 0 aromatic carbocycles. The molecule has 0 spiro atoms. The van der Waals surface area contributed by atoms with Crippen LogP contribution in [-0.4, -0.2) is 24.4 Å². The van der Waals surface area contributed by atoms with Gasteiger partial charge in [-0.25, -0.2) is 4.39 Å². The lowest BCUT2D eigenvalue weighted by Crippen LogP contribution is -2.21. The largest absolute Gasteiger partial charge is 0.573 e. The molecular formula is C10H8ClF4NO3. The lowest BCUT2D eigenvalue weighted by atomic mass is 10.1. The second-order valence-corrected chi connectivity index (χ2v) is 3.56. The Bertz CT molecular complexity index is 479. The van der Waals surface area contributed by atoms with Crippen molar-refractivity contribution in [1.29, 1.82) is 0 Å². The number of aromatic nitrogens is 1. The van der Waals surface area contributed by atoms with E-state index in [1.807, 2.05) is 0 Å². The van der Waals surface area contributed by atoms with Gasteiger partial charge in [-0.3, -0.25) is 9.78 Å². The second kappa shape index (κ2) is 6.05. The number of esters is 1. The third-order valence-corrected chi connectivity index (χ3v) is 2.32. The fourth-order valence-corrected chi connectivity index (χ4v) is 1.50. The summed E-state index contributed by atoms with van der Waals surface area (Å²) in [4.78, 5) is 14.5. The summed E-state index contributed by atoms with van der Waals surface area (Å²) < 4.78 is 58.1. The zero-order valence-corrected chi connectivity index (χ0v) is 10.3. The Morgan fingerprint density at radius 3 is 2.58 bits per heavy atom. The molecule has 9 heteroatoms. The molecule has 1 heterocycles. The Balaban J connectivity index is 3.25. The van der Waals surface area contributed by atoms with Gasteiger partial charge >= 0.3 is 12.3 Å². The highest BCUT2D eigenvalue weighted by atomic mass is 35.5. The molecule has 0 aliphatic heterocycles. The number of carbonyl (C=O) groups excluding carboxylic acids is 1. The van der Waals surface area contributed by atoms with Crippen LogP contribution in [0.3, 0.4) is 0 Å². The molecule has 0 radical (unpaired) electrons. The van der Waals surface area contributed by atoms with Gasteiger partial charge in [-0.1, -0.05) is 0 Å². The number of ether oxygens (including phenoxy) is 2. The van der Waals surface area contributed by atoms with E-state index in [9.17, 15) is 22.4 Å². The van der Waals surface area contributed by atoms with Crippen molar-refractivity contribution in [3.8, 4) is 5.75 Å². The van der Waals surface area contributed by atoms with Crippen molar-refractivity contribution in [1.82, 2.24) is 4.98 Å². The van der Waals surface area contributed by atoms with E-state index in [1.54, 1.807) is 0 Å². The van der Waals surface area contributed by atoms with Gasteiger partial charge in [0.05, 0.1) is 31.3 Å². The summed E-state index contributed by atoms with van der Waals surface area (Å²) in [6.07, 6.45) is -4.98. The Kier molecular flexibility index (Phi) is 4.93. The van der Waals surface area contributed by atoms with Crippen molar-refractivity contribution in [2.24, 2.45) is 0 Å². The molecule has 0 saturated heterocycles. The topological polar surface area (TPSA) is 48.4 Å². The van der Waals surface area contributed by atoms with Gasteiger partial charge < -0.3 is 9.47 Å². The number of carbonyl (C=O) groups is 1. The van der Waals surface area contributed by atoms with Gasteiger partial charge in [-0.15, -0.1) is 24.8 Å². The van der Waals surface area contributed by atoms with Gasteiger partial charge in [-0.2, -0.15) is 0 Å². The van der Waals surface area contributed by atoms with Crippen LogP contribution in [-0.2, 0) is 21.8 Å². The summed E-state index contributed by atoms with van der Waals surface area (Å²) in [5.74, 6) is -3.36. The lowest BCUT2D eigenvalue weighted by molar-refractivity contribution is -0.275. The van der Waals surface area contributed by atoms with Crippen LogP contribution in [0.1, 0.15) is 11.3 Å². The molecule has 0 aliphatic rings. The van der Waals surface area contributed by atoms with Gasteiger partial charge in [-0.05, 0) is 0 Å². The van der Waals surface area contributed by atoms with Gasteiger partial charge in [0.15, 0.2) is 5.75 Å². The molecule has 0 saturated carbocycles. The fraction of sp³-hybridized carbons (Fsp3) is 0.400. The molecule has 0 bridgehead atoms. The zero-order valence-electron chi connectivity index (χ0n) is 9.55. The number of alkyl halides is 4. The first kappa shape index (κ1) is 15.5. The second-order valence-electron chi connectivity index (χ2n) is 3.29. The lowest BCUT2D eigenvalue weighted by Gasteiger charge is -2.15. The minimum atomic E-state index is -5.05. The van der Waals surface area contributed by atoms with Crippen LogP contribution >= 0.6 is 11.6 Å². The van der Waals surface area contributed by atoms with E-state index in [1.165, 1.54) is 0 Å². The summed E-state index contributed by atoms with van der Waals surface area (Å²) in [5.41, 5.74) is -0.922. The molecular weight excluding hydrogens is 294 g/mol. The van der Waals surface area contributed by atoms with E-state index in [0.717, 1.165) is 7.11 Å². The number of hydrogen-bond donors (Lipinski definition) is 0. The number of rotatable bonds is 4. The van der Waals surface area contributed by atoms with E-state index in [2.05, 4.69) is 14.5 Å². The number of pyridine rings is 1.